The second kappa shape index (κ2) is 5.17. The van der Waals surface area contributed by atoms with Crippen LogP contribution in [0.3, 0.4) is 0 Å². The molecule has 20 heavy (non-hydrogen) atoms. The van der Waals surface area contributed by atoms with E-state index >= 15 is 0 Å². The number of aryl methyl sites for hydroxylation is 1. The second-order valence-corrected chi connectivity index (χ2v) is 4.97. The molecule has 0 saturated carbocycles. The lowest BCUT2D eigenvalue weighted by atomic mass is 10.2. The molecule has 0 amide bonds. The monoisotopic (exact) mass is 290 g/mol. The number of rotatable bonds is 1. The van der Waals surface area contributed by atoms with Gasteiger partial charge >= 0.3 is 0 Å². The van der Waals surface area contributed by atoms with Crippen LogP contribution in [0, 0.1) is 6.92 Å². The van der Waals surface area contributed by atoms with E-state index in [2.05, 4.69) is 9.97 Å². The van der Waals surface area contributed by atoms with Crippen molar-refractivity contribution in [2.45, 2.75) is 13.3 Å². The second-order valence-electron chi connectivity index (χ2n) is 4.64. The van der Waals surface area contributed by atoms with Crippen molar-refractivity contribution in [3.05, 3.63) is 35.2 Å². The average molecular weight is 291 g/mol. The molecule has 2 heterocycles. The van der Waals surface area contributed by atoms with Gasteiger partial charge in [-0.25, -0.2) is 4.98 Å². The lowest BCUT2D eigenvalue weighted by Crippen LogP contribution is -2.21. The molecular weight excluding hydrogens is 276 g/mol. The van der Waals surface area contributed by atoms with Crippen molar-refractivity contribution in [1.29, 1.82) is 0 Å². The van der Waals surface area contributed by atoms with E-state index in [1.807, 2.05) is 36.1 Å². The summed E-state index contributed by atoms with van der Waals surface area (Å²) in [7, 11) is 0. The van der Waals surface area contributed by atoms with Gasteiger partial charge in [0.1, 0.15) is 5.75 Å². The van der Waals surface area contributed by atoms with E-state index in [1.54, 1.807) is 0 Å². The summed E-state index contributed by atoms with van der Waals surface area (Å²) < 4.78 is 5.74. The molecule has 3 rings (SSSR count). The maximum Gasteiger partial charge on any atom is 0.224 e. The van der Waals surface area contributed by atoms with E-state index in [-0.39, 0.29) is 5.28 Å². The number of hydrogen-bond acceptors (Lipinski definition) is 5. The van der Waals surface area contributed by atoms with Gasteiger partial charge in [0.2, 0.25) is 5.28 Å². The predicted octanol–water partition coefficient (Wildman–Crippen LogP) is 2.94. The number of nitrogens with two attached hydrogens (primary N) is 1. The molecule has 0 aliphatic carbocycles. The third-order valence-electron chi connectivity index (χ3n) is 3.28. The number of nitrogens with zero attached hydrogens (tertiary/aromatic N) is 3. The van der Waals surface area contributed by atoms with E-state index in [0.29, 0.717) is 23.8 Å². The van der Waals surface area contributed by atoms with Crippen molar-refractivity contribution in [1.82, 2.24) is 9.97 Å². The summed E-state index contributed by atoms with van der Waals surface area (Å²) in [5, 5.41) is 0.203. The van der Waals surface area contributed by atoms with Crippen LogP contribution in [0.5, 0.6) is 5.75 Å². The van der Waals surface area contributed by atoms with Crippen LogP contribution in [0.15, 0.2) is 24.3 Å². The minimum Gasteiger partial charge on any atom is -0.491 e. The molecular formula is C14H15ClN4O. The highest BCUT2D eigenvalue weighted by molar-refractivity contribution is 6.28. The Morgan fingerprint density at radius 1 is 1.30 bits per heavy atom. The number of halogens is 1. The average Bonchev–Trinajstić information content (AvgIpc) is 2.65. The minimum atomic E-state index is 0.203. The lowest BCUT2D eigenvalue weighted by Gasteiger charge is -2.24. The molecule has 1 aliphatic heterocycles. The van der Waals surface area contributed by atoms with E-state index in [4.69, 9.17) is 22.1 Å². The van der Waals surface area contributed by atoms with Crippen LogP contribution in [-0.2, 0) is 0 Å². The Hall–Kier alpha value is -2.01. The molecule has 2 N–H and O–H groups in total. The van der Waals surface area contributed by atoms with E-state index < -0.39 is 0 Å². The molecule has 1 aliphatic rings. The van der Waals surface area contributed by atoms with Crippen LogP contribution < -0.4 is 15.4 Å². The van der Waals surface area contributed by atoms with Gasteiger partial charge in [-0.3, -0.25) is 0 Å². The van der Waals surface area contributed by atoms with Gasteiger partial charge in [-0.1, -0.05) is 12.1 Å². The van der Waals surface area contributed by atoms with E-state index in [0.717, 1.165) is 24.4 Å². The number of hydrogen-bond donors (Lipinski definition) is 1. The first-order valence-corrected chi connectivity index (χ1v) is 6.83. The first-order chi connectivity index (χ1) is 9.66. The van der Waals surface area contributed by atoms with Gasteiger partial charge in [0.25, 0.3) is 0 Å². The van der Waals surface area contributed by atoms with Gasteiger partial charge in [0, 0.05) is 6.54 Å². The molecule has 0 radical (unpaired) electrons. The van der Waals surface area contributed by atoms with Crippen molar-refractivity contribution >= 4 is 28.8 Å². The zero-order chi connectivity index (χ0) is 14.1. The molecule has 2 aromatic rings. The van der Waals surface area contributed by atoms with Crippen molar-refractivity contribution < 1.29 is 4.74 Å². The van der Waals surface area contributed by atoms with E-state index in [9.17, 15) is 0 Å². The SMILES string of the molecule is Cc1nc(Cl)nc(N2CCCOc3ccccc32)c1N. The Bertz CT molecular complexity index is 647. The standard InChI is InChI=1S/C14H15ClN4O/c1-9-12(16)13(18-14(15)17-9)19-7-4-8-20-11-6-3-2-5-10(11)19/h2-3,5-6H,4,7-8,16H2,1H3. The fourth-order valence-corrected chi connectivity index (χ4v) is 2.49. The van der Waals surface area contributed by atoms with Crippen LogP contribution in [0.1, 0.15) is 12.1 Å². The number of benzene rings is 1. The normalized spacial score (nSPS) is 14.4. The zero-order valence-corrected chi connectivity index (χ0v) is 11.9. The quantitative estimate of drug-likeness (QED) is 0.818. The molecule has 0 saturated heterocycles. The van der Waals surface area contributed by atoms with Gasteiger partial charge < -0.3 is 15.4 Å². The first kappa shape index (κ1) is 13.0. The number of ether oxygens (including phenoxy) is 1. The van der Waals surface area contributed by atoms with Crippen LogP contribution in [-0.4, -0.2) is 23.1 Å². The van der Waals surface area contributed by atoms with Gasteiger partial charge in [0.05, 0.1) is 23.7 Å². The summed E-state index contributed by atoms with van der Waals surface area (Å²) >= 11 is 5.97. The van der Waals surface area contributed by atoms with Crippen molar-refractivity contribution in [3.63, 3.8) is 0 Å². The molecule has 0 spiro atoms. The summed E-state index contributed by atoms with van der Waals surface area (Å²) in [6.07, 6.45) is 0.884. The van der Waals surface area contributed by atoms with Gasteiger partial charge in [0.15, 0.2) is 5.82 Å². The molecule has 1 aromatic heterocycles. The summed E-state index contributed by atoms with van der Waals surface area (Å²) in [4.78, 5) is 10.4. The van der Waals surface area contributed by atoms with Crippen LogP contribution >= 0.6 is 11.6 Å². The van der Waals surface area contributed by atoms with Crippen molar-refractivity contribution in [2.24, 2.45) is 0 Å². The maximum absolute atomic E-state index is 6.12. The molecule has 104 valence electrons. The minimum absolute atomic E-state index is 0.203. The first-order valence-electron chi connectivity index (χ1n) is 6.46. The van der Waals surface area contributed by atoms with Gasteiger partial charge in [-0.05, 0) is 37.1 Å². The van der Waals surface area contributed by atoms with E-state index in [1.165, 1.54) is 0 Å². The lowest BCUT2D eigenvalue weighted by molar-refractivity contribution is 0.322. The Morgan fingerprint density at radius 3 is 2.95 bits per heavy atom. The van der Waals surface area contributed by atoms with Crippen molar-refractivity contribution in [2.75, 3.05) is 23.8 Å². The number of nitrogen functional groups attached to an aromatic ring is 1. The van der Waals surface area contributed by atoms with Crippen LogP contribution in [0.4, 0.5) is 17.2 Å². The largest absolute Gasteiger partial charge is 0.491 e. The summed E-state index contributed by atoms with van der Waals surface area (Å²) in [5.74, 6) is 1.47. The summed E-state index contributed by atoms with van der Waals surface area (Å²) in [6.45, 7) is 3.27. The van der Waals surface area contributed by atoms with Crippen molar-refractivity contribution in [3.8, 4) is 5.75 Å². The van der Waals surface area contributed by atoms with Crippen LogP contribution in [0.2, 0.25) is 5.28 Å². The fourth-order valence-electron chi connectivity index (χ4n) is 2.29. The fraction of sp³-hybridized carbons (Fsp3) is 0.286. The molecule has 0 bridgehead atoms. The summed E-state index contributed by atoms with van der Waals surface area (Å²) in [6, 6.07) is 7.85. The predicted molar refractivity (Wildman–Crippen MR) is 79.8 cm³/mol. The smallest absolute Gasteiger partial charge is 0.224 e. The Balaban J connectivity index is 2.15. The number of anilines is 3. The zero-order valence-electron chi connectivity index (χ0n) is 11.1. The third-order valence-corrected chi connectivity index (χ3v) is 3.45. The van der Waals surface area contributed by atoms with Crippen LogP contribution in [0.25, 0.3) is 0 Å². The molecule has 6 heteroatoms. The molecule has 0 atom stereocenters. The maximum atomic E-state index is 6.12. The number of aromatic nitrogens is 2. The highest BCUT2D eigenvalue weighted by atomic mass is 35.5. The Morgan fingerprint density at radius 2 is 2.10 bits per heavy atom. The molecule has 1 aromatic carbocycles. The third kappa shape index (κ3) is 2.25. The number of fused-ring (bicyclic) bond motifs is 1. The molecule has 0 fully saturated rings. The van der Waals surface area contributed by atoms with Gasteiger partial charge in [-0.15, -0.1) is 0 Å². The topological polar surface area (TPSA) is 64.3 Å². The highest BCUT2D eigenvalue weighted by Gasteiger charge is 2.22. The van der Waals surface area contributed by atoms with Gasteiger partial charge in [-0.2, -0.15) is 4.98 Å². The number of para-hydroxylation sites is 2. The molecule has 5 nitrogen and oxygen atoms in total. The Kier molecular flexibility index (Phi) is 3.36. The Labute approximate surface area is 122 Å². The molecule has 0 unspecified atom stereocenters. The summed E-state index contributed by atoms with van der Waals surface area (Å²) in [5.41, 5.74) is 8.30. The highest BCUT2D eigenvalue weighted by Crippen LogP contribution is 2.38.